The van der Waals surface area contributed by atoms with Crippen molar-refractivity contribution in [1.82, 2.24) is 15.5 Å². The van der Waals surface area contributed by atoms with E-state index in [4.69, 9.17) is 9.84 Å². The molecule has 0 unspecified atom stereocenters. The Morgan fingerprint density at radius 1 is 1.22 bits per heavy atom. The van der Waals surface area contributed by atoms with Gasteiger partial charge in [-0.2, -0.15) is 5.10 Å². The molecular formula is C24H35F2N3O3. The molecule has 1 heterocycles. The molecule has 1 aromatic rings. The molecule has 8 heteroatoms. The van der Waals surface area contributed by atoms with Crippen molar-refractivity contribution in [3.05, 3.63) is 40.7 Å². The zero-order chi connectivity index (χ0) is 23.7. The maximum absolute atomic E-state index is 14.4. The number of ether oxygens (including phenoxy) is 1. The topological polar surface area (TPSA) is 84.3 Å². The molecule has 0 saturated heterocycles. The average molecular weight is 452 g/mol. The Hall–Kier alpha value is -2.19. The second kappa shape index (κ2) is 12.7. The van der Waals surface area contributed by atoms with Gasteiger partial charge in [-0.1, -0.05) is 27.7 Å². The van der Waals surface area contributed by atoms with Crippen molar-refractivity contribution in [2.75, 3.05) is 13.2 Å². The Morgan fingerprint density at radius 2 is 1.97 bits per heavy atom. The van der Waals surface area contributed by atoms with Crippen LogP contribution in [0.3, 0.4) is 0 Å². The summed E-state index contributed by atoms with van der Waals surface area (Å²) in [5.41, 5.74) is 1.47. The van der Waals surface area contributed by atoms with E-state index < -0.39 is 23.9 Å². The fourth-order valence-corrected chi connectivity index (χ4v) is 3.65. The third-order valence-electron chi connectivity index (χ3n) is 5.75. The van der Waals surface area contributed by atoms with Crippen LogP contribution in [-0.2, 0) is 9.53 Å². The van der Waals surface area contributed by atoms with Gasteiger partial charge in [-0.25, -0.2) is 8.78 Å². The molecule has 0 aliphatic heterocycles. The first-order chi connectivity index (χ1) is 15.4. The lowest BCUT2D eigenvalue weighted by Gasteiger charge is -2.25. The van der Waals surface area contributed by atoms with E-state index in [-0.39, 0.29) is 36.1 Å². The van der Waals surface area contributed by atoms with E-state index in [1.165, 1.54) is 6.08 Å². The number of hydrogen-bond donors (Lipinski definition) is 2. The van der Waals surface area contributed by atoms with Crippen LogP contribution in [-0.4, -0.2) is 40.5 Å². The van der Waals surface area contributed by atoms with Gasteiger partial charge in [-0.15, -0.1) is 5.10 Å². The van der Waals surface area contributed by atoms with Crippen molar-refractivity contribution in [2.24, 2.45) is 0 Å². The fourth-order valence-electron chi connectivity index (χ4n) is 3.65. The zero-order valence-electron chi connectivity index (χ0n) is 19.5. The normalized spacial score (nSPS) is 17.0. The molecule has 2 N–H and O–H groups in total. The molecule has 0 bridgehead atoms. The number of aromatic nitrogens is 2. The number of hydrogen-bond acceptors (Lipinski definition) is 5. The van der Waals surface area contributed by atoms with Crippen molar-refractivity contribution >= 4 is 11.5 Å². The Labute approximate surface area is 189 Å². The van der Waals surface area contributed by atoms with Gasteiger partial charge in [-0.05, 0) is 55.7 Å². The summed E-state index contributed by atoms with van der Waals surface area (Å²) in [7, 11) is 0. The van der Waals surface area contributed by atoms with Gasteiger partial charge in [0.2, 0.25) is 5.91 Å². The zero-order valence-corrected chi connectivity index (χ0v) is 19.5. The average Bonchev–Trinajstić information content (AvgIpc) is 2.79. The Morgan fingerprint density at radius 3 is 2.56 bits per heavy atom. The van der Waals surface area contributed by atoms with Gasteiger partial charge in [0.05, 0.1) is 17.0 Å². The predicted octanol–water partition coefficient (Wildman–Crippen LogP) is 5.06. The van der Waals surface area contributed by atoms with E-state index in [0.29, 0.717) is 37.9 Å². The maximum Gasteiger partial charge on any atom is 0.249 e. The highest BCUT2D eigenvalue weighted by atomic mass is 19.1. The van der Waals surface area contributed by atoms with Crippen LogP contribution in [0.1, 0.15) is 95.2 Å². The summed E-state index contributed by atoms with van der Waals surface area (Å²) in [4.78, 5) is 12.5. The minimum Gasteiger partial charge on any atom is -0.396 e. The quantitative estimate of drug-likeness (QED) is 0.434. The summed E-state index contributed by atoms with van der Waals surface area (Å²) in [6, 6.07) is 1.71. The lowest BCUT2D eigenvalue weighted by molar-refractivity contribution is -0.137. The Bertz CT molecular complexity index is 842. The minimum absolute atomic E-state index is 0.00251. The maximum atomic E-state index is 14.4. The minimum atomic E-state index is -0.677. The highest BCUT2D eigenvalue weighted by Crippen LogP contribution is 2.37. The molecule has 0 aromatic carbocycles. The van der Waals surface area contributed by atoms with Crippen LogP contribution >= 0.6 is 0 Å². The number of carbonyl (C=O) groups is 1. The summed E-state index contributed by atoms with van der Waals surface area (Å²) in [6.07, 6.45) is 2.99. The molecule has 1 aliphatic rings. The number of allylic oxidation sites excluding steroid dienone is 4. The first-order valence-electron chi connectivity index (χ1n) is 11.5. The molecule has 178 valence electrons. The molecule has 3 atom stereocenters. The van der Waals surface area contributed by atoms with Crippen molar-refractivity contribution in [1.29, 1.82) is 0 Å². The van der Waals surface area contributed by atoms with Crippen molar-refractivity contribution in [3.8, 4) is 0 Å². The van der Waals surface area contributed by atoms with Crippen molar-refractivity contribution in [2.45, 2.75) is 84.3 Å². The molecule has 0 saturated carbocycles. The molecule has 6 nitrogen and oxygen atoms in total. The second-order valence-corrected chi connectivity index (χ2v) is 8.05. The molecule has 2 rings (SSSR count). The van der Waals surface area contributed by atoms with Crippen LogP contribution < -0.4 is 5.32 Å². The van der Waals surface area contributed by atoms with Gasteiger partial charge in [0.25, 0.3) is 0 Å². The van der Waals surface area contributed by atoms with E-state index >= 15 is 0 Å². The van der Waals surface area contributed by atoms with Gasteiger partial charge in [0.15, 0.2) is 0 Å². The third kappa shape index (κ3) is 6.42. The smallest absolute Gasteiger partial charge is 0.249 e. The molecular weight excluding hydrogens is 416 g/mol. The first kappa shape index (κ1) is 26.1. The standard InChI is InChI=1S/C24H35F2N3O3/c1-5-15(4)16-14-19(22-17(25)10-8-11-18(22)26)28-29-23(16)20(6-2)32-21(7-3)24(31)27-12-9-13-30/h10,14-15,20-21,30H,5-9,11-13H2,1-4H3,(H,27,31)/t15-,20+,21+/m0/s1. The first-order valence-corrected chi connectivity index (χ1v) is 11.5. The van der Waals surface area contributed by atoms with Crippen LogP contribution in [0.4, 0.5) is 8.78 Å². The molecule has 1 aliphatic carbocycles. The molecule has 0 fully saturated rings. The van der Waals surface area contributed by atoms with Crippen LogP contribution in [0.2, 0.25) is 0 Å². The largest absolute Gasteiger partial charge is 0.396 e. The van der Waals surface area contributed by atoms with Gasteiger partial charge in [0.1, 0.15) is 23.9 Å². The van der Waals surface area contributed by atoms with Crippen LogP contribution in [0.15, 0.2) is 23.8 Å². The van der Waals surface area contributed by atoms with Gasteiger partial charge in [0, 0.05) is 19.6 Å². The molecule has 32 heavy (non-hydrogen) atoms. The molecule has 1 aromatic heterocycles. The van der Waals surface area contributed by atoms with Crippen LogP contribution in [0.25, 0.3) is 5.57 Å². The summed E-state index contributed by atoms with van der Waals surface area (Å²) in [6.45, 7) is 8.22. The lowest BCUT2D eigenvalue weighted by Crippen LogP contribution is -2.37. The number of amides is 1. The molecule has 0 spiro atoms. The summed E-state index contributed by atoms with van der Waals surface area (Å²) < 4.78 is 34.9. The van der Waals surface area contributed by atoms with Crippen molar-refractivity contribution in [3.63, 3.8) is 0 Å². The third-order valence-corrected chi connectivity index (χ3v) is 5.75. The van der Waals surface area contributed by atoms with E-state index in [1.807, 2.05) is 27.7 Å². The van der Waals surface area contributed by atoms with Gasteiger partial charge < -0.3 is 15.2 Å². The van der Waals surface area contributed by atoms with Crippen LogP contribution in [0.5, 0.6) is 0 Å². The number of rotatable bonds is 12. The lowest BCUT2D eigenvalue weighted by atomic mass is 9.92. The van der Waals surface area contributed by atoms with E-state index in [9.17, 15) is 13.6 Å². The highest BCUT2D eigenvalue weighted by Gasteiger charge is 2.28. The number of nitrogens with one attached hydrogen (secondary N) is 1. The molecule has 1 amide bonds. The van der Waals surface area contributed by atoms with Gasteiger partial charge >= 0.3 is 0 Å². The summed E-state index contributed by atoms with van der Waals surface area (Å²) >= 11 is 0. The number of aliphatic hydroxyl groups excluding tert-OH is 1. The monoisotopic (exact) mass is 451 g/mol. The summed E-state index contributed by atoms with van der Waals surface area (Å²) in [5.74, 6) is -1.30. The highest BCUT2D eigenvalue weighted by molar-refractivity contribution is 5.80. The summed E-state index contributed by atoms with van der Waals surface area (Å²) in [5, 5.41) is 20.2. The van der Waals surface area contributed by atoms with E-state index in [0.717, 1.165) is 12.0 Å². The number of aliphatic hydroxyl groups is 1. The molecule has 0 radical (unpaired) electrons. The SMILES string of the molecule is CC[C@@H](O[C@H](CC)c1nnc(C2=C(F)CCC=C2F)cc1[C@@H](C)CC)C(=O)NCCCO. The van der Waals surface area contributed by atoms with Gasteiger partial charge in [-0.3, -0.25) is 4.79 Å². The van der Waals surface area contributed by atoms with Crippen molar-refractivity contribution < 1.29 is 23.4 Å². The Kier molecular flexibility index (Phi) is 10.4. The fraction of sp³-hybridized carbons (Fsp3) is 0.625. The second-order valence-electron chi connectivity index (χ2n) is 8.05. The number of halogens is 2. The number of nitrogens with zero attached hydrogens (tertiary/aromatic N) is 2. The van der Waals surface area contributed by atoms with Crippen LogP contribution in [0, 0.1) is 0 Å². The predicted molar refractivity (Wildman–Crippen MR) is 120 cm³/mol. The van der Waals surface area contributed by atoms with E-state index in [2.05, 4.69) is 15.5 Å². The Balaban J connectivity index is 2.36. The number of carbonyl (C=O) groups excluding carboxylic acids is 1. The van der Waals surface area contributed by atoms with E-state index in [1.54, 1.807) is 6.07 Å².